The minimum atomic E-state index is -0.341. The van der Waals surface area contributed by atoms with E-state index in [4.69, 9.17) is 10.5 Å². The number of hydrogen-bond acceptors (Lipinski definition) is 5. The fraction of sp³-hybridized carbons (Fsp3) is 0.300. The summed E-state index contributed by atoms with van der Waals surface area (Å²) in [4.78, 5) is 4.07. The van der Waals surface area contributed by atoms with Crippen molar-refractivity contribution < 1.29 is 4.74 Å². The Labute approximate surface area is 92.8 Å². The molecule has 0 aliphatic heterocycles. The number of hydrogen-bond donors (Lipinski definition) is 2. The highest BCUT2D eigenvalue weighted by atomic mass is 16.5. The number of aromatic amines is 1. The van der Waals surface area contributed by atoms with Crippen LogP contribution in [-0.2, 0) is 0 Å². The van der Waals surface area contributed by atoms with Crippen molar-refractivity contribution in [2.45, 2.75) is 13.0 Å². The minimum Gasteiger partial charge on any atom is -0.492 e. The molecule has 0 saturated carbocycles. The summed E-state index contributed by atoms with van der Waals surface area (Å²) >= 11 is 0. The molecule has 0 radical (unpaired) electrons. The lowest BCUT2D eigenvalue weighted by Gasteiger charge is -2.09. The fourth-order valence-corrected chi connectivity index (χ4v) is 1.38. The van der Waals surface area contributed by atoms with Crippen molar-refractivity contribution in [3.63, 3.8) is 0 Å². The van der Waals surface area contributed by atoms with Gasteiger partial charge in [-0.25, -0.2) is 0 Å². The van der Waals surface area contributed by atoms with Gasteiger partial charge in [0, 0.05) is 6.20 Å². The largest absolute Gasteiger partial charge is 0.492 e. The van der Waals surface area contributed by atoms with Gasteiger partial charge in [0.05, 0.1) is 25.0 Å². The number of nitrogens with two attached hydrogens (primary N) is 1. The van der Waals surface area contributed by atoms with E-state index in [1.165, 1.54) is 0 Å². The first-order valence-electron chi connectivity index (χ1n) is 5.00. The molecule has 2 aromatic rings. The first kappa shape index (κ1) is 10.6. The third kappa shape index (κ3) is 2.17. The van der Waals surface area contributed by atoms with Crippen molar-refractivity contribution in [3.05, 3.63) is 35.9 Å². The van der Waals surface area contributed by atoms with Crippen LogP contribution < -0.4 is 10.5 Å². The van der Waals surface area contributed by atoms with Crippen LogP contribution in [0.2, 0.25) is 0 Å². The van der Waals surface area contributed by atoms with Gasteiger partial charge in [0.25, 0.3) is 0 Å². The molecule has 2 heterocycles. The van der Waals surface area contributed by atoms with Crippen LogP contribution in [0.3, 0.4) is 0 Å². The highest BCUT2D eigenvalue weighted by molar-refractivity contribution is 5.29. The zero-order valence-electron chi connectivity index (χ0n) is 8.92. The molecule has 6 nitrogen and oxygen atoms in total. The number of nitrogens with zero attached hydrogens (tertiary/aromatic N) is 3. The Morgan fingerprint density at radius 1 is 1.44 bits per heavy atom. The molecule has 6 heteroatoms. The summed E-state index contributed by atoms with van der Waals surface area (Å²) in [7, 11) is 0. The van der Waals surface area contributed by atoms with Crippen molar-refractivity contribution in [1.82, 2.24) is 20.4 Å². The van der Waals surface area contributed by atoms with Crippen LogP contribution in [0.15, 0.2) is 24.7 Å². The van der Waals surface area contributed by atoms with E-state index in [1.807, 2.05) is 13.0 Å². The average molecular weight is 219 g/mol. The molecule has 0 amide bonds. The standard InChI is InChI=1S/C10H13N5O/c1-2-16-8-3-7(4-12-5-8)10(11)9-6-13-15-14-9/h3-6,10H,2,11H2,1H3,(H,13,14,15). The molecule has 1 unspecified atom stereocenters. The van der Waals surface area contributed by atoms with Crippen molar-refractivity contribution in [3.8, 4) is 5.75 Å². The normalized spacial score (nSPS) is 12.4. The van der Waals surface area contributed by atoms with Crippen molar-refractivity contribution in [2.24, 2.45) is 5.73 Å². The summed E-state index contributed by atoms with van der Waals surface area (Å²) in [6, 6.07) is 1.52. The highest BCUT2D eigenvalue weighted by Gasteiger charge is 2.12. The lowest BCUT2D eigenvalue weighted by molar-refractivity contribution is 0.338. The third-order valence-corrected chi connectivity index (χ3v) is 2.16. The molecule has 0 saturated heterocycles. The number of aromatic nitrogens is 4. The number of nitrogens with one attached hydrogen (secondary N) is 1. The van der Waals surface area contributed by atoms with Gasteiger partial charge in [0.2, 0.25) is 0 Å². The van der Waals surface area contributed by atoms with Gasteiger partial charge in [-0.05, 0) is 18.6 Å². The maximum absolute atomic E-state index is 6.01. The Morgan fingerprint density at radius 3 is 3.00 bits per heavy atom. The second kappa shape index (κ2) is 4.71. The number of pyridine rings is 1. The smallest absolute Gasteiger partial charge is 0.137 e. The van der Waals surface area contributed by atoms with Crippen molar-refractivity contribution in [1.29, 1.82) is 0 Å². The van der Waals surface area contributed by atoms with E-state index in [1.54, 1.807) is 18.6 Å². The maximum Gasteiger partial charge on any atom is 0.137 e. The summed E-state index contributed by atoms with van der Waals surface area (Å²) in [5, 5.41) is 10.2. The van der Waals surface area contributed by atoms with Gasteiger partial charge in [-0.15, -0.1) is 0 Å². The molecule has 0 spiro atoms. The monoisotopic (exact) mass is 219 g/mol. The lowest BCUT2D eigenvalue weighted by atomic mass is 10.1. The molecule has 16 heavy (non-hydrogen) atoms. The van der Waals surface area contributed by atoms with Crippen LogP contribution in [0, 0.1) is 0 Å². The van der Waals surface area contributed by atoms with Crippen LogP contribution >= 0.6 is 0 Å². The Bertz CT molecular complexity index is 442. The van der Waals surface area contributed by atoms with Gasteiger partial charge in [-0.1, -0.05) is 0 Å². The molecule has 1 atom stereocenters. The Balaban J connectivity index is 2.23. The zero-order valence-corrected chi connectivity index (χ0v) is 8.92. The van der Waals surface area contributed by atoms with E-state index < -0.39 is 0 Å². The van der Waals surface area contributed by atoms with Gasteiger partial charge >= 0.3 is 0 Å². The molecule has 0 bridgehead atoms. The van der Waals surface area contributed by atoms with E-state index in [2.05, 4.69) is 20.4 Å². The minimum absolute atomic E-state index is 0.341. The molecule has 0 aliphatic carbocycles. The Hall–Kier alpha value is -1.95. The first-order chi connectivity index (χ1) is 7.81. The van der Waals surface area contributed by atoms with Crippen molar-refractivity contribution in [2.75, 3.05) is 6.61 Å². The summed E-state index contributed by atoms with van der Waals surface area (Å²) in [5.74, 6) is 0.707. The second-order valence-corrected chi connectivity index (χ2v) is 3.26. The van der Waals surface area contributed by atoms with Gasteiger partial charge in [0.15, 0.2) is 0 Å². The molecule has 2 aromatic heterocycles. The van der Waals surface area contributed by atoms with Crippen LogP contribution in [-0.4, -0.2) is 27.0 Å². The molecular formula is C10H13N5O. The summed E-state index contributed by atoms with van der Waals surface area (Å²) < 4.78 is 5.35. The summed E-state index contributed by atoms with van der Waals surface area (Å²) in [6.07, 6.45) is 4.95. The number of ether oxygens (including phenoxy) is 1. The predicted octanol–water partition coefficient (Wildman–Crippen LogP) is 0.646. The third-order valence-electron chi connectivity index (χ3n) is 2.16. The Kier molecular flexibility index (Phi) is 3.11. The van der Waals surface area contributed by atoms with E-state index in [0.717, 1.165) is 5.56 Å². The van der Waals surface area contributed by atoms with E-state index in [-0.39, 0.29) is 6.04 Å². The fourth-order valence-electron chi connectivity index (χ4n) is 1.38. The van der Waals surface area contributed by atoms with Crippen LogP contribution in [0.4, 0.5) is 0 Å². The van der Waals surface area contributed by atoms with Gasteiger partial charge in [0.1, 0.15) is 11.4 Å². The highest BCUT2D eigenvalue weighted by Crippen LogP contribution is 2.19. The average Bonchev–Trinajstić information content (AvgIpc) is 2.82. The van der Waals surface area contributed by atoms with Gasteiger partial charge in [-0.2, -0.15) is 15.4 Å². The maximum atomic E-state index is 6.01. The lowest BCUT2D eigenvalue weighted by Crippen LogP contribution is -2.12. The van der Waals surface area contributed by atoms with Gasteiger partial charge < -0.3 is 10.5 Å². The predicted molar refractivity (Wildman–Crippen MR) is 57.8 cm³/mol. The molecule has 3 N–H and O–H groups in total. The number of rotatable bonds is 4. The summed E-state index contributed by atoms with van der Waals surface area (Å²) in [6.45, 7) is 2.52. The molecule has 0 aromatic carbocycles. The zero-order chi connectivity index (χ0) is 11.4. The molecule has 0 aliphatic rings. The molecule has 84 valence electrons. The first-order valence-corrected chi connectivity index (χ1v) is 5.00. The molecular weight excluding hydrogens is 206 g/mol. The molecule has 2 rings (SSSR count). The van der Waals surface area contributed by atoms with Crippen molar-refractivity contribution >= 4 is 0 Å². The summed E-state index contributed by atoms with van der Waals surface area (Å²) in [5.41, 5.74) is 7.53. The van der Waals surface area contributed by atoms with Crippen LogP contribution in [0.5, 0.6) is 5.75 Å². The topological polar surface area (TPSA) is 89.7 Å². The SMILES string of the molecule is CCOc1cncc(C(N)c2cn[nH]n2)c1. The van der Waals surface area contributed by atoms with Crippen LogP contribution in [0.25, 0.3) is 0 Å². The Morgan fingerprint density at radius 2 is 2.31 bits per heavy atom. The van der Waals surface area contributed by atoms with Gasteiger partial charge in [-0.3, -0.25) is 4.98 Å². The van der Waals surface area contributed by atoms with E-state index in [0.29, 0.717) is 18.1 Å². The van der Waals surface area contributed by atoms with Crippen LogP contribution in [0.1, 0.15) is 24.2 Å². The second-order valence-electron chi connectivity index (χ2n) is 3.26. The molecule has 0 fully saturated rings. The van der Waals surface area contributed by atoms with E-state index in [9.17, 15) is 0 Å². The van der Waals surface area contributed by atoms with E-state index >= 15 is 0 Å². The quantitative estimate of drug-likeness (QED) is 0.787. The number of H-pyrrole nitrogens is 1.